The minimum atomic E-state index is -0.949. The lowest BCUT2D eigenvalue weighted by atomic mass is 10.3. The molecule has 0 fully saturated rings. The molecular formula is C14H16N2O5. The van der Waals surface area contributed by atoms with E-state index in [2.05, 4.69) is 0 Å². The van der Waals surface area contributed by atoms with Gasteiger partial charge in [-0.25, -0.2) is 4.79 Å². The number of amides is 1. The third kappa shape index (κ3) is 3.50. The number of hydrogen-bond acceptors (Lipinski definition) is 5. The predicted octanol–water partition coefficient (Wildman–Crippen LogP) is 0.792. The highest BCUT2D eigenvalue weighted by molar-refractivity contribution is 5.81. The number of nitrogens with zero attached hydrogens (tertiary/aromatic N) is 1. The molecule has 0 aliphatic rings. The molecule has 0 bridgehead atoms. The second kappa shape index (κ2) is 6.25. The zero-order valence-corrected chi connectivity index (χ0v) is 11.6. The van der Waals surface area contributed by atoms with Crippen molar-refractivity contribution in [1.82, 2.24) is 4.57 Å². The molecule has 1 aromatic carbocycles. The Labute approximate surface area is 120 Å². The van der Waals surface area contributed by atoms with E-state index in [1.165, 1.54) is 11.5 Å². The van der Waals surface area contributed by atoms with E-state index in [0.29, 0.717) is 24.1 Å². The van der Waals surface area contributed by atoms with E-state index in [0.717, 1.165) is 0 Å². The van der Waals surface area contributed by atoms with Crippen LogP contribution < -0.4 is 11.5 Å². The highest BCUT2D eigenvalue weighted by atomic mass is 16.5. The first-order chi connectivity index (χ1) is 9.99. The number of fused-ring (bicyclic) bond motifs is 1. The van der Waals surface area contributed by atoms with Crippen molar-refractivity contribution in [2.45, 2.75) is 32.4 Å². The van der Waals surface area contributed by atoms with E-state index in [4.69, 9.17) is 14.9 Å². The fourth-order valence-corrected chi connectivity index (χ4v) is 1.92. The van der Waals surface area contributed by atoms with Gasteiger partial charge in [-0.05, 0) is 25.5 Å². The lowest BCUT2D eigenvalue weighted by molar-refractivity contribution is -0.153. The Morgan fingerprint density at radius 1 is 1.38 bits per heavy atom. The first-order valence-electron chi connectivity index (χ1n) is 6.56. The molecule has 1 amide bonds. The molecule has 0 unspecified atom stereocenters. The van der Waals surface area contributed by atoms with E-state index in [-0.39, 0.29) is 6.42 Å². The summed E-state index contributed by atoms with van der Waals surface area (Å²) in [6.07, 6.45) is -0.466. The van der Waals surface area contributed by atoms with E-state index in [1.807, 2.05) is 0 Å². The van der Waals surface area contributed by atoms with Crippen molar-refractivity contribution in [3.63, 3.8) is 0 Å². The summed E-state index contributed by atoms with van der Waals surface area (Å²) in [6, 6.07) is 7.05. The van der Waals surface area contributed by atoms with Gasteiger partial charge in [0.15, 0.2) is 11.7 Å². The fraction of sp³-hybridized carbons (Fsp3) is 0.357. The number of hydrogen-bond donors (Lipinski definition) is 1. The largest absolute Gasteiger partial charge is 0.453 e. The van der Waals surface area contributed by atoms with Crippen LogP contribution in [0.1, 0.15) is 19.8 Å². The third-order valence-corrected chi connectivity index (χ3v) is 3.05. The number of carbonyl (C=O) groups is 2. The molecule has 1 heterocycles. The standard InChI is InChI=1S/C14H16N2O5/c1-9(13(15)18)20-12(17)7-4-8-16-10-5-2-3-6-11(10)21-14(16)19/h2-3,5-6,9H,4,7-8H2,1H3,(H2,15,18)/t9-/m1/s1. The average Bonchev–Trinajstić information content (AvgIpc) is 2.75. The van der Waals surface area contributed by atoms with Gasteiger partial charge in [-0.15, -0.1) is 0 Å². The van der Waals surface area contributed by atoms with E-state index >= 15 is 0 Å². The molecular weight excluding hydrogens is 276 g/mol. The number of oxazole rings is 1. The molecule has 2 aromatic rings. The van der Waals surface area contributed by atoms with Gasteiger partial charge >= 0.3 is 11.7 Å². The number of ether oxygens (including phenoxy) is 1. The van der Waals surface area contributed by atoms with Crippen molar-refractivity contribution in [3.05, 3.63) is 34.8 Å². The molecule has 1 atom stereocenters. The van der Waals surface area contributed by atoms with E-state index in [1.54, 1.807) is 24.3 Å². The van der Waals surface area contributed by atoms with E-state index in [9.17, 15) is 14.4 Å². The summed E-state index contributed by atoms with van der Waals surface area (Å²) in [4.78, 5) is 34.0. The number of nitrogens with two attached hydrogens (primary N) is 1. The first-order valence-corrected chi connectivity index (χ1v) is 6.56. The van der Waals surface area contributed by atoms with Crippen LogP contribution in [0.3, 0.4) is 0 Å². The minimum Gasteiger partial charge on any atom is -0.453 e. The predicted molar refractivity (Wildman–Crippen MR) is 74.5 cm³/mol. The number of primary amides is 1. The monoisotopic (exact) mass is 292 g/mol. The number of aryl methyl sites for hydroxylation is 1. The van der Waals surface area contributed by atoms with Crippen LogP contribution in [0.15, 0.2) is 33.5 Å². The third-order valence-electron chi connectivity index (χ3n) is 3.05. The fourth-order valence-electron chi connectivity index (χ4n) is 1.92. The summed E-state index contributed by atoms with van der Waals surface area (Å²) < 4.78 is 11.4. The number of esters is 1. The van der Waals surface area contributed by atoms with Crippen molar-refractivity contribution < 1.29 is 18.7 Å². The Balaban J connectivity index is 1.94. The molecule has 1 aromatic heterocycles. The van der Waals surface area contributed by atoms with Crippen LogP contribution in [0.4, 0.5) is 0 Å². The Morgan fingerprint density at radius 2 is 2.10 bits per heavy atom. The van der Waals surface area contributed by atoms with Crippen LogP contribution in [0.25, 0.3) is 11.1 Å². The summed E-state index contributed by atoms with van der Waals surface area (Å²) in [6.45, 7) is 1.74. The second-order valence-electron chi connectivity index (χ2n) is 4.63. The van der Waals surface area contributed by atoms with Crippen molar-refractivity contribution in [2.24, 2.45) is 5.73 Å². The topological polar surface area (TPSA) is 105 Å². The second-order valence-corrected chi connectivity index (χ2v) is 4.63. The van der Waals surface area contributed by atoms with Crippen LogP contribution in [-0.2, 0) is 20.9 Å². The molecule has 2 N–H and O–H groups in total. The minimum absolute atomic E-state index is 0.0869. The van der Waals surface area contributed by atoms with Gasteiger partial charge < -0.3 is 14.9 Å². The Hall–Kier alpha value is -2.57. The molecule has 0 aliphatic heterocycles. The molecule has 112 valence electrons. The van der Waals surface area contributed by atoms with Crippen LogP contribution in [-0.4, -0.2) is 22.5 Å². The van der Waals surface area contributed by atoms with Gasteiger partial charge in [0, 0.05) is 13.0 Å². The Morgan fingerprint density at radius 3 is 2.81 bits per heavy atom. The van der Waals surface area contributed by atoms with Crippen molar-refractivity contribution in [2.75, 3.05) is 0 Å². The van der Waals surface area contributed by atoms with Crippen molar-refractivity contribution in [3.8, 4) is 0 Å². The van der Waals surface area contributed by atoms with E-state index < -0.39 is 23.7 Å². The molecule has 0 radical (unpaired) electrons. The van der Waals surface area contributed by atoms with Gasteiger partial charge in [-0.2, -0.15) is 0 Å². The molecule has 0 saturated heterocycles. The number of rotatable bonds is 6. The quantitative estimate of drug-likeness (QED) is 0.793. The summed E-state index contributed by atoms with van der Waals surface area (Å²) in [5.41, 5.74) is 6.19. The van der Waals surface area contributed by atoms with Crippen LogP contribution in [0.5, 0.6) is 0 Å². The van der Waals surface area contributed by atoms with Gasteiger partial charge in [-0.1, -0.05) is 12.1 Å². The maximum atomic E-state index is 11.7. The molecule has 0 aliphatic carbocycles. The molecule has 0 saturated carbocycles. The number of aromatic nitrogens is 1. The maximum Gasteiger partial charge on any atom is 0.419 e. The Kier molecular flexibility index (Phi) is 4.42. The number of benzene rings is 1. The maximum absolute atomic E-state index is 11.7. The summed E-state index contributed by atoms with van der Waals surface area (Å²) in [7, 11) is 0. The molecule has 7 heteroatoms. The van der Waals surface area contributed by atoms with Crippen molar-refractivity contribution >= 4 is 23.0 Å². The first kappa shape index (κ1) is 14.8. The molecule has 2 rings (SSSR count). The zero-order valence-electron chi connectivity index (χ0n) is 11.6. The lowest BCUT2D eigenvalue weighted by Crippen LogP contribution is -2.30. The van der Waals surface area contributed by atoms with Crippen LogP contribution in [0.2, 0.25) is 0 Å². The smallest absolute Gasteiger partial charge is 0.419 e. The summed E-state index contributed by atoms with van der Waals surface area (Å²) in [5.74, 6) is -1.68. The highest BCUT2D eigenvalue weighted by Crippen LogP contribution is 2.12. The number of para-hydroxylation sites is 2. The normalized spacial score (nSPS) is 12.2. The van der Waals surface area contributed by atoms with Gasteiger partial charge in [0.25, 0.3) is 5.91 Å². The summed E-state index contributed by atoms with van der Waals surface area (Å²) in [5, 5.41) is 0. The van der Waals surface area contributed by atoms with Gasteiger partial charge in [-0.3, -0.25) is 14.2 Å². The average molecular weight is 292 g/mol. The highest BCUT2D eigenvalue weighted by Gasteiger charge is 2.14. The molecule has 0 spiro atoms. The van der Waals surface area contributed by atoms with Gasteiger partial charge in [0.2, 0.25) is 0 Å². The van der Waals surface area contributed by atoms with Crippen LogP contribution in [0, 0.1) is 0 Å². The van der Waals surface area contributed by atoms with Gasteiger partial charge in [0.05, 0.1) is 5.52 Å². The van der Waals surface area contributed by atoms with Crippen LogP contribution >= 0.6 is 0 Å². The SMILES string of the molecule is C[C@@H](OC(=O)CCCn1c(=O)oc2ccccc21)C(N)=O. The van der Waals surface area contributed by atoms with Gasteiger partial charge in [0.1, 0.15) is 0 Å². The summed E-state index contributed by atoms with van der Waals surface area (Å²) >= 11 is 0. The zero-order chi connectivity index (χ0) is 15.4. The lowest BCUT2D eigenvalue weighted by Gasteiger charge is -2.09. The molecule has 21 heavy (non-hydrogen) atoms. The Bertz CT molecular complexity index is 715. The van der Waals surface area contributed by atoms with Crippen molar-refractivity contribution in [1.29, 1.82) is 0 Å². The number of carbonyl (C=O) groups excluding carboxylic acids is 2. The molecule has 7 nitrogen and oxygen atoms in total.